The van der Waals surface area contributed by atoms with Gasteiger partial charge in [0.05, 0.1) is 0 Å². The van der Waals surface area contributed by atoms with Crippen molar-refractivity contribution in [3.63, 3.8) is 0 Å². The Kier molecular flexibility index (Phi) is 3.25. The van der Waals surface area contributed by atoms with Crippen LogP contribution in [-0.4, -0.2) is 4.98 Å². The van der Waals surface area contributed by atoms with Gasteiger partial charge in [0.2, 0.25) is 0 Å². The molecule has 0 aliphatic heterocycles. The van der Waals surface area contributed by atoms with E-state index in [0.717, 1.165) is 11.4 Å². The summed E-state index contributed by atoms with van der Waals surface area (Å²) < 4.78 is 0. The third-order valence-electron chi connectivity index (χ3n) is 2.88. The van der Waals surface area contributed by atoms with Gasteiger partial charge in [-0.25, -0.2) is 0 Å². The Morgan fingerprint density at radius 2 is 1.65 bits per heavy atom. The zero-order valence-corrected chi connectivity index (χ0v) is 10.6. The normalized spacial score (nSPS) is 10.6. The molecule has 0 bridgehead atoms. The van der Waals surface area contributed by atoms with Crippen molar-refractivity contribution in [2.75, 3.05) is 0 Å². The lowest BCUT2D eigenvalue weighted by molar-refractivity contribution is 1.07. The van der Waals surface area contributed by atoms with Crippen LogP contribution in [0.5, 0.6) is 0 Å². The first-order valence-electron chi connectivity index (χ1n) is 5.85. The molecule has 1 aromatic heterocycles. The minimum Gasteiger partial charge on any atom is -0.326 e. The second-order valence-electron chi connectivity index (χ2n) is 4.50. The summed E-state index contributed by atoms with van der Waals surface area (Å²) in [6.07, 6.45) is 0. The van der Waals surface area contributed by atoms with Gasteiger partial charge in [-0.2, -0.15) is 0 Å². The molecule has 0 saturated heterocycles. The molecule has 0 amide bonds. The quantitative estimate of drug-likeness (QED) is 0.854. The molecule has 0 spiro atoms. The summed E-state index contributed by atoms with van der Waals surface area (Å²) in [6.45, 7) is 6.71. The highest BCUT2D eigenvalue weighted by atomic mass is 14.7. The number of benzene rings is 1. The van der Waals surface area contributed by atoms with Crippen LogP contribution in [0.15, 0.2) is 30.3 Å². The lowest BCUT2D eigenvalue weighted by atomic mass is 9.97. The zero-order chi connectivity index (χ0) is 12.4. The Morgan fingerprint density at radius 1 is 1.00 bits per heavy atom. The van der Waals surface area contributed by atoms with Crippen molar-refractivity contribution in [3.05, 3.63) is 52.8 Å². The highest BCUT2D eigenvalue weighted by molar-refractivity contribution is 5.68. The molecule has 2 heteroatoms. The number of rotatable bonds is 2. The van der Waals surface area contributed by atoms with Crippen LogP contribution in [0.2, 0.25) is 0 Å². The first-order chi connectivity index (χ1) is 8.10. The van der Waals surface area contributed by atoms with Crippen molar-refractivity contribution >= 4 is 0 Å². The van der Waals surface area contributed by atoms with Gasteiger partial charge in [0.25, 0.3) is 0 Å². The Labute approximate surface area is 103 Å². The summed E-state index contributed by atoms with van der Waals surface area (Å²) in [5, 5.41) is 0. The minimum absolute atomic E-state index is 0.566. The van der Waals surface area contributed by atoms with E-state index in [4.69, 9.17) is 5.73 Å². The lowest BCUT2D eigenvalue weighted by Gasteiger charge is -2.10. The molecular weight excluding hydrogens is 208 g/mol. The smallest absolute Gasteiger partial charge is 0.0382 e. The van der Waals surface area contributed by atoms with E-state index in [1.165, 1.54) is 22.3 Å². The number of aryl methyl sites for hydroxylation is 3. The van der Waals surface area contributed by atoms with Crippen LogP contribution < -0.4 is 5.73 Å². The third kappa shape index (κ3) is 2.53. The third-order valence-corrected chi connectivity index (χ3v) is 2.88. The van der Waals surface area contributed by atoms with Crippen LogP contribution in [0, 0.1) is 20.8 Å². The number of hydrogen-bond acceptors (Lipinski definition) is 2. The van der Waals surface area contributed by atoms with E-state index < -0.39 is 0 Å². The summed E-state index contributed by atoms with van der Waals surface area (Å²) in [7, 11) is 0. The van der Waals surface area contributed by atoms with Crippen LogP contribution in [0.1, 0.15) is 22.5 Å². The maximum Gasteiger partial charge on any atom is 0.0382 e. The monoisotopic (exact) mass is 226 g/mol. The second kappa shape index (κ2) is 4.68. The maximum atomic E-state index is 5.80. The molecule has 0 fully saturated rings. The van der Waals surface area contributed by atoms with Crippen molar-refractivity contribution in [1.82, 2.24) is 4.98 Å². The molecule has 0 atom stereocenters. The van der Waals surface area contributed by atoms with Crippen LogP contribution in [-0.2, 0) is 6.54 Å². The highest BCUT2D eigenvalue weighted by Crippen LogP contribution is 2.25. The summed E-state index contributed by atoms with van der Waals surface area (Å²) in [5.74, 6) is 0. The molecule has 0 radical (unpaired) electrons. The van der Waals surface area contributed by atoms with E-state index in [9.17, 15) is 0 Å². The zero-order valence-electron chi connectivity index (χ0n) is 10.6. The highest BCUT2D eigenvalue weighted by Gasteiger charge is 2.06. The van der Waals surface area contributed by atoms with Crippen molar-refractivity contribution in [2.24, 2.45) is 5.73 Å². The molecule has 2 aromatic rings. The lowest BCUT2D eigenvalue weighted by Crippen LogP contribution is -2.00. The topological polar surface area (TPSA) is 38.9 Å². The van der Waals surface area contributed by atoms with Crippen molar-refractivity contribution in [3.8, 4) is 11.1 Å². The van der Waals surface area contributed by atoms with E-state index in [1.807, 2.05) is 13.8 Å². The van der Waals surface area contributed by atoms with Crippen molar-refractivity contribution in [2.45, 2.75) is 27.3 Å². The number of pyridine rings is 1. The Morgan fingerprint density at radius 3 is 2.24 bits per heavy atom. The van der Waals surface area contributed by atoms with E-state index in [-0.39, 0.29) is 0 Å². The standard InChI is InChI=1S/C15H18N2/c1-10-4-5-13(9-16)15(6-10)14-7-11(2)17-12(3)8-14/h4-8H,9,16H2,1-3H3. The largest absolute Gasteiger partial charge is 0.326 e. The van der Waals surface area contributed by atoms with Crippen molar-refractivity contribution in [1.29, 1.82) is 0 Å². The van der Waals surface area contributed by atoms with Crippen molar-refractivity contribution < 1.29 is 0 Å². The van der Waals surface area contributed by atoms with Gasteiger partial charge >= 0.3 is 0 Å². The molecule has 1 aromatic carbocycles. The molecule has 2 nitrogen and oxygen atoms in total. The van der Waals surface area contributed by atoms with Gasteiger partial charge in [-0.3, -0.25) is 4.98 Å². The van der Waals surface area contributed by atoms with Crippen LogP contribution in [0.4, 0.5) is 0 Å². The molecule has 17 heavy (non-hydrogen) atoms. The molecule has 2 N–H and O–H groups in total. The average Bonchev–Trinajstić information content (AvgIpc) is 2.27. The van der Waals surface area contributed by atoms with Gasteiger partial charge in [0.1, 0.15) is 0 Å². The molecule has 2 rings (SSSR count). The maximum absolute atomic E-state index is 5.80. The summed E-state index contributed by atoms with van der Waals surface area (Å²) >= 11 is 0. The fourth-order valence-electron chi connectivity index (χ4n) is 2.13. The Bertz CT molecular complexity index is 524. The SMILES string of the molecule is Cc1ccc(CN)c(-c2cc(C)nc(C)c2)c1. The van der Waals surface area contributed by atoms with E-state index >= 15 is 0 Å². The average molecular weight is 226 g/mol. The molecular formula is C15H18N2. The van der Waals surface area contributed by atoms with Gasteiger partial charge in [0, 0.05) is 17.9 Å². The summed E-state index contributed by atoms with van der Waals surface area (Å²) in [6, 6.07) is 10.6. The predicted molar refractivity (Wildman–Crippen MR) is 71.8 cm³/mol. The number of nitrogens with zero attached hydrogens (tertiary/aromatic N) is 1. The van der Waals surface area contributed by atoms with E-state index in [1.54, 1.807) is 0 Å². The summed E-state index contributed by atoms with van der Waals surface area (Å²) in [5.41, 5.74) is 12.8. The van der Waals surface area contributed by atoms with E-state index in [0.29, 0.717) is 6.54 Å². The van der Waals surface area contributed by atoms with E-state index in [2.05, 4.69) is 42.2 Å². The molecule has 88 valence electrons. The number of nitrogens with two attached hydrogens (primary N) is 1. The number of aromatic nitrogens is 1. The first kappa shape index (κ1) is 11.8. The molecule has 1 heterocycles. The van der Waals surface area contributed by atoms with Gasteiger partial charge in [-0.05, 0) is 49.6 Å². The van der Waals surface area contributed by atoms with Gasteiger partial charge in [-0.1, -0.05) is 23.8 Å². The van der Waals surface area contributed by atoms with Crippen LogP contribution in [0.25, 0.3) is 11.1 Å². The van der Waals surface area contributed by atoms with Gasteiger partial charge in [-0.15, -0.1) is 0 Å². The van der Waals surface area contributed by atoms with Crippen LogP contribution >= 0.6 is 0 Å². The predicted octanol–water partition coefficient (Wildman–Crippen LogP) is 3.13. The molecule has 0 aliphatic carbocycles. The first-order valence-corrected chi connectivity index (χ1v) is 5.85. The Hall–Kier alpha value is -1.67. The molecule has 0 unspecified atom stereocenters. The summed E-state index contributed by atoms with van der Waals surface area (Å²) in [4.78, 5) is 4.41. The fourth-order valence-corrected chi connectivity index (χ4v) is 2.13. The number of hydrogen-bond donors (Lipinski definition) is 1. The fraction of sp³-hybridized carbons (Fsp3) is 0.267. The minimum atomic E-state index is 0.566. The Balaban J connectivity index is 2.62. The molecule has 0 aliphatic rings. The van der Waals surface area contributed by atoms with Crippen LogP contribution in [0.3, 0.4) is 0 Å². The van der Waals surface area contributed by atoms with Gasteiger partial charge < -0.3 is 5.73 Å². The second-order valence-corrected chi connectivity index (χ2v) is 4.50. The molecule has 0 saturated carbocycles. The van der Waals surface area contributed by atoms with Gasteiger partial charge in [0.15, 0.2) is 0 Å².